The summed E-state index contributed by atoms with van der Waals surface area (Å²) in [5.41, 5.74) is 0.209. The fourth-order valence-electron chi connectivity index (χ4n) is 1.98. The van der Waals surface area contributed by atoms with Gasteiger partial charge < -0.3 is 5.11 Å². The van der Waals surface area contributed by atoms with Gasteiger partial charge in [0.25, 0.3) is 12.4 Å². The molecule has 3 rings (SSSR count). The number of aromatic carboxylic acids is 1. The van der Waals surface area contributed by atoms with Crippen LogP contribution in [0.3, 0.4) is 0 Å². The maximum atomic E-state index is 13.1. The van der Waals surface area contributed by atoms with Crippen molar-refractivity contribution in [1.29, 1.82) is 0 Å². The Balaban J connectivity index is 2.11. The van der Waals surface area contributed by atoms with Crippen molar-refractivity contribution < 1.29 is 18.7 Å². The van der Waals surface area contributed by atoms with Gasteiger partial charge in [-0.3, -0.25) is 0 Å². The van der Waals surface area contributed by atoms with Crippen molar-refractivity contribution in [3.63, 3.8) is 0 Å². The second kappa shape index (κ2) is 6.44. The minimum atomic E-state index is -2.80. The molecule has 0 aliphatic carbocycles. The van der Waals surface area contributed by atoms with Crippen LogP contribution < -0.4 is 0 Å². The third-order valence-corrected chi connectivity index (χ3v) is 3.64. The number of rotatable bonds is 4. The van der Waals surface area contributed by atoms with Crippen LogP contribution in [-0.2, 0) is 0 Å². The lowest BCUT2D eigenvalue weighted by Gasteiger charge is -2.08. The molecule has 9 heteroatoms. The van der Waals surface area contributed by atoms with Crippen LogP contribution in [-0.4, -0.2) is 30.8 Å². The summed E-state index contributed by atoms with van der Waals surface area (Å²) < 4.78 is 28.2. The molecule has 0 unspecified atom stereocenters. The molecule has 122 valence electrons. The molecule has 0 amide bonds. The predicted molar refractivity (Wildman–Crippen MR) is 84.2 cm³/mol. The summed E-state index contributed by atoms with van der Waals surface area (Å²) in [5, 5.41) is 12.7. The van der Waals surface area contributed by atoms with E-state index < -0.39 is 18.1 Å². The summed E-state index contributed by atoms with van der Waals surface area (Å²) in [6.45, 7) is 0. The van der Waals surface area contributed by atoms with Crippen LogP contribution >= 0.6 is 15.9 Å². The molecular formula is C15H9BrF2N4O2. The van der Waals surface area contributed by atoms with Crippen LogP contribution in [0.5, 0.6) is 0 Å². The van der Waals surface area contributed by atoms with Gasteiger partial charge in [-0.2, -0.15) is 5.10 Å². The topological polar surface area (TPSA) is 80.9 Å². The zero-order valence-electron chi connectivity index (χ0n) is 11.9. The van der Waals surface area contributed by atoms with Crippen molar-refractivity contribution >= 4 is 21.9 Å². The van der Waals surface area contributed by atoms with Crippen molar-refractivity contribution in [3.8, 4) is 17.2 Å². The third kappa shape index (κ3) is 3.30. The Morgan fingerprint density at radius 3 is 2.46 bits per heavy atom. The van der Waals surface area contributed by atoms with E-state index in [2.05, 4.69) is 31.0 Å². The molecule has 2 aromatic heterocycles. The first-order chi connectivity index (χ1) is 11.4. The number of carboxylic acid groups (broad SMARTS) is 1. The first kappa shape index (κ1) is 16.2. The zero-order chi connectivity index (χ0) is 17.3. The highest BCUT2D eigenvalue weighted by Crippen LogP contribution is 2.25. The number of halogens is 3. The number of nitrogens with zero attached hydrogens (tertiary/aromatic N) is 4. The second-order valence-electron chi connectivity index (χ2n) is 4.74. The fraction of sp³-hybridized carbons (Fsp3) is 0.0667. The molecule has 1 aromatic carbocycles. The Morgan fingerprint density at radius 1 is 1.17 bits per heavy atom. The van der Waals surface area contributed by atoms with Crippen molar-refractivity contribution in [2.75, 3.05) is 0 Å². The van der Waals surface area contributed by atoms with Gasteiger partial charge in [-0.05, 0) is 24.3 Å². The maximum Gasteiger partial charge on any atom is 0.356 e. The first-order valence-electron chi connectivity index (χ1n) is 6.66. The van der Waals surface area contributed by atoms with Gasteiger partial charge in [0.1, 0.15) is 5.69 Å². The van der Waals surface area contributed by atoms with Gasteiger partial charge in [-0.15, -0.1) is 0 Å². The van der Waals surface area contributed by atoms with Gasteiger partial charge in [0.05, 0.1) is 5.69 Å². The van der Waals surface area contributed by atoms with E-state index in [0.29, 0.717) is 5.56 Å². The number of carboxylic acids is 1. The predicted octanol–water partition coefficient (Wildman–Crippen LogP) is 3.73. The van der Waals surface area contributed by atoms with Crippen molar-refractivity contribution in [2.24, 2.45) is 0 Å². The molecule has 0 saturated heterocycles. The largest absolute Gasteiger partial charge is 0.476 e. The van der Waals surface area contributed by atoms with Gasteiger partial charge in [0.2, 0.25) is 0 Å². The van der Waals surface area contributed by atoms with Gasteiger partial charge in [-0.1, -0.05) is 28.1 Å². The number of benzene rings is 1. The number of aromatic nitrogens is 4. The molecule has 2 heterocycles. The minimum Gasteiger partial charge on any atom is -0.476 e. The van der Waals surface area contributed by atoms with Gasteiger partial charge in [-0.25, -0.2) is 28.2 Å². The summed E-state index contributed by atoms with van der Waals surface area (Å²) in [5.74, 6) is -1.36. The highest BCUT2D eigenvalue weighted by Gasteiger charge is 2.16. The maximum absolute atomic E-state index is 13.1. The molecule has 0 bridgehead atoms. The first-order valence-corrected chi connectivity index (χ1v) is 7.46. The lowest BCUT2D eigenvalue weighted by atomic mass is 10.1. The van der Waals surface area contributed by atoms with E-state index in [9.17, 15) is 13.6 Å². The molecule has 0 fully saturated rings. The Morgan fingerprint density at radius 2 is 1.88 bits per heavy atom. The average Bonchev–Trinajstić information content (AvgIpc) is 3.05. The van der Waals surface area contributed by atoms with Crippen LogP contribution in [0, 0.1) is 0 Å². The molecule has 0 aliphatic rings. The fourth-order valence-corrected chi connectivity index (χ4v) is 2.25. The van der Waals surface area contributed by atoms with Crippen LogP contribution in [0.15, 0.2) is 47.1 Å². The Hall–Kier alpha value is -2.68. The highest BCUT2D eigenvalue weighted by atomic mass is 79.9. The molecule has 0 radical (unpaired) electrons. The van der Waals surface area contributed by atoms with Gasteiger partial charge in [0, 0.05) is 16.2 Å². The lowest BCUT2D eigenvalue weighted by molar-refractivity contribution is 0.0690. The monoisotopic (exact) mass is 394 g/mol. The third-order valence-electron chi connectivity index (χ3n) is 3.11. The minimum absolute atomic E-state index is 0.127. The molecule has 1 N–H and O–H groups in total. The van der Waals surface area contributed by atoms with Crippen molar-refractivity contribution in [3.05, 3.63) is 58.5 Å². The van der Waals surface area contributed by atoms with E-state index in [1.807, 2.05) is 0 Å². The standard InChI is InChI=1S/C15H9BrF2N4O2/c16-9-3-1-8(2-4-9)11-7-12(13(17)18)20-15(19-11)22-6-5-10(21-22)14(23)24/h1-7,13H,(H,23,24). The quantitative estimate of drug-likeness (QED) is 0.728. The molecule has 24 heavy (non-hydrogen) atoms. The smallest absolute Gasteiger partial charge is 0.356 e. The molecule has 3 aromatic rings. The molecule has 0 spiro atoms. The number of hydrogen-bond acceptors (Lipinski definition) is 4. The SMILES string of the molecule is O=C(O)c1ccn(-c2nc(-c3ccc(Br)cc3)cc(C(F)F)n2)n1. The molecule has 6 nitrogen and oxygen atoms in total. The summed E-state index contributed by atoms with van der Waals surface area (Å²) in [4.78, 5) is 18.9. The molecule has 0 atom stereocenters. The second-order valence-corrected chi connectivity index (χ2v) is 5.65. The molecule has 0 aliphatic heterocycles. The lowest BCUT2D eigenvalue weighted by Crippen LogP contribution is -2.07. The highest BCUT2D eigenvalue weighted by molar-refractivity contribution is 9.10. The van der Waals surface area contributed by atoms with Crippen molar-refractivity contribution in [1.82, 2.24) is 19.7 Å². The molecule has 0 saturated carbocycles. The van der Waals surface area contributed by atoms with Crippen LogP contribution in [0.4, 0.5) is 8.78 Å². The zero-order valence-corrected chi connectivity index (χ0v) is 13.5. The van der Waals surface area contributed by atoms with Gasteiger partial charge in [0.15, 0.2) is 5.69 Å². The van der Waals surface area contributed by atoms with E-state index >= 15 is 0 Å². The summed E-state index contributed by atoms with van der Waals surface area (Å²) in [6, 6.07) is 9.39. The average molecular weight is 395 g/mol. The van der Waals surface area contributed by atoms with Crippen LogP contribution in [0.25, 0.3) is 17.2 Å². The van der Waals surface area contributed by atoms with E-state index in [4.69, 9.17) is 5.11 Å². The number of hydrogen-bond donors (Lipinski definition) is 1. The van der Waals surface area contributed by atoms with Gasteiger partial charge >= 0.3 is 5.97 Å². The van der Waals surface area contributed by atoms with Crippen LogP contribution in [0.2, 0.25) is 0 Å². The molecular weight excluding hydrogens is 386 g/mol. The Labute approximate surface area is 142 Å². The van der Waals surface area contributed by atoms with E-state index in [1.165, 1.54) is 18.3 Å². The summed E-state index contributed by atoms with van der Waals surface area (Å²) in [7, 11) is 0. The number of carbonyl (C=O) groups is 1. The Kier molecular flexibility index (Phi) is 4.34. The summed E-state index contributed by atoms with van der Waals surface area (Å²) >= 11 is 3.30. The number of alkyl halides is 2. The van der Waals surface area contributed by atoms with E-state index in [-0.39, 0.29) is 17.3 Å². The van der Waals surface area contributed by atoms with Crippen LogP contribution in [0.1, 0.15) is 22.6 Å². The summed E-state index contributed by atoms with van der Waals surface area (Å²) in [6.07, 6.45) is -1.49. The normalized spacial score (nSPS) is 11.0. The Bertz CT molecular complexity index is 897. The van der Waals surface area contributed by atoms with E-state index in [1.54, 1.807) is 24.3 Å². The van der Waals surface area contributed by atoms with E-state index in [0.717, 1.165) is 9.15 Å². The van der Waals surface area contributed by atoms with Crippen molar-refractivity contribution in [2.45, 2.75) is 6.43 Å².